The zero-order valence-corrected chi connectivity index (χ0v) is 30.1. The number of carboxylic acids is 1. The molecule has 0 aromatic heterocycles. The van der Waals surface area contributed by atoms with Crippen LogP contribution in [-0.4, -0.2) is 24.2 Å². The van der Waals surface area contributed by atoms with Gasteiger partial charge in [0.2, 0.25) is 0 Å². The first-order valence-electron chi connectivity index (χ1n) is 19.1. The molecular formula is C41H74O4. The number of hydrogen-bond donors (Lipinski definition) is 1. The predicted molar refractivity (Wildman–Crippen MR) is 197 cm³/mol. The van der Waals surface area contributed by atoms with Crippen LogP contribution in [0.1, 0.15) is 194 Å². The molecule has 0 atom stereocenters. The number of carboxylic acid groups (broad SMARTS) is 1. The van der Waals surface area contributed by atoms with Gasteiger partial charge in [-0.2, -0.15) is 0 Å². The summed E-state index contributed by atoms with van der Waals surface area (Å²) in [6.45, 7) is 4.55. The summed E-state index contributed by atoms with van der Waals surface area (Å²) >= 11 is 0. The Bertz CT molecular complexity index is 719. The van der Waals surface area contributed by atoms with E-state index in [1.54, 1.807) is 12.2 Å². The third-order valence-electron chi connectivity index (χ3n) is 8.12. The lowest BCUT2D eigenvalue weighted by atomic mass is 10.0. The minimum atomic E-state index is -0.884. The minimum absolute atomic E-state index is 0.296. The maximum absolute atomic E-state index is 10.8. The van der Waals surface area contributed by atoms with E-state index in [0.717, 1.165) is 12.8 Å². The van der Waals surface area contributed by atoms with Crippen LogP contribution in [0.3, 0.4) is 0 Å². The van der Waals surface area contributed by atoms with E-state index in [0.29, 0.717) is 0 Å². The molecule has 0 fully saturated rings. The quantitative estimate of drug-likeness (QED) is 0.0347. The van der Waals surface area contributed by atoms with Crippen molar-refractivity contribution in [2.45, 2.75) is 194 Å². The molecule has 262 valence electrons. The lowest BCUT2D eigenvalue weighted by Gasteiger charge is -2.02. The van der Waals surface area contributed by atoms with Crippen molar-refractivity contribution in [2.24, 2.45) is 0 Å². The Labute approximate surface area is 280 Å². The van der Waals surface area contributed by atoms with Gasteiger partial charge in [0.1, 0.15) is 0 Å². The lowest BCUT2D eigenvalue weighted by molar-refractivity contribution is -0.135. The monoisotopic (exact) mass is 631 g/mol. The number of rotatable bonds is 32. The van der Waals surface area contributed by atoms with Crippen LogP contribution in [0.4, 0.5) is 0 Å². The van der Waals surface area contributed by atoms with Gasteiger partial charge in [0.15, 0.2) is 0 Å². The Balaban J connectivity index is 0. The molecule has 0 saturated carbocycles. The Morgan fingerprint density at radius 2 is 0.733 bits per heavy atom. The number of ether oxygens (including phenoxy) is 1. The molecule has 4 heteroatoms. The first kappa shape index (κ1) is 45.0. The van der Waals surface area contributed by atoms with E-state index >= 15 is 0 Å². The van der Waals surface area contributed by atoms with E-state index in [1.165, 1.54) is 186 Å². The number of aliphatic carboxylic acids is 1. The van der Waals surface area contributed by atoms with Crippen molar-refractivity contribution in [2.75, 3.05) is 7.11 Å². The fourth-order valence-electron chi connectivity index (χ4n) is 5.25. The minimum Gasteiger partial charge on any atom is -0.478 e. The maximum atomic E-state index is 10.8. The van der Waals surface area contributed by atoms with E-state index in [2.05, 4.69) is 30.7 Å². The van der Waals surface area contributed by atoms with Crippen molar-refractivity contribution >= 4 is 11.9 Å². The highest BCUT2D eigenvalue weighted by Gasteiger charge is 1.95. The van der Waals surface area contributed by atoms with Crippen LogP contribution in [0, 0.1) is 0 Å². The summed E-state index contributed by atoms with van der Waals surface area (Å²) < 4.78 is 4.52. The molecule has 0 aliphatic carbocycles. The fraction of sp³-hybridized carbons (Fsp3) is 0.756. The predicted octanol–water partition coefficient (Wildman–Crippen LogP) is 13.4. The van der Waals surface area contributed by atoms with Gasteiger partial charge in [0.05, 0.1) is 7.11 Å². The largest absolute Gasteiger partial charge is 0.478 e. The highest BCUT2D eigenvalue weighted by molar-refractivity contribution is 5.82. The van der Waals surface area contributed by atoms with E-state index in [9.17, 15) is 9.59 Å². The zero-order chi connectivity index (χ0) is 33.3. The second-order valence-electron chi connectivity index (χ2n) is 12.5. The van der Waals surface area contributed by atoms with Crippen molar-refractivity contribution in [3.8, 4) is 0 Å². The second kappa shape index (κ2) is 41.9. The van der Waals surface area contributed by atoms with Gasteiger partial charge >= 0.3 is 11.9 Å². The Morgan fingerprint density at radius 1 is 0.444 bits per heavy atom. The molecule has 45 heavy (non-hydrogen) atoms. The molecule has 0 heterocycles. The molecule has 4 nitrogen and oxygen atoms in total. The standard InChI is InChI=1S/C21H38O2.C20H36O2/c1-3-4-5-6-7-8-9-10-11-12-13-14-15-16-17-18-19-20-21(22)23-2;1-2-3-4-5-6-7-8-9-10-11-12-13-14-15-16-17-18-19-20(21)22/h17-20H,3-16H2,1-2H3;16-19H,2-15H2,1H3,(H,21,22). The number of carbonyl (C=O) groups is 2. The average molecular weight is 631 g/mol. The third kappa shape index (κ3) is 46.4. The van der Waals surface area contributed by atoms with Crippen molar-refractivity contribution in [3.63, 3.8) is 0 Å². The van der Waals surface area contributed by atoms with Crippen molar-refractivity contribution in [3.05, 3.63) is 48.6 Å². The normalized spacial score (nSPS) is 11.6. The van der Waals surface area contributed by atoms with Gasteiger partial charge in [-0.05, 0) is 25.7 Å². The molecule has 0 aliphatic heterocycles. The first-order valence-corrected chi connectivity index (χ1v) is 19.1. The fourth-order valence-corrected chi connectivity index (χ4v) is 5.25. The molecule has 0 amide bonds. The van der Waals surface area contributed by atoms with Crippen LogP contribution in [-0.2, 0) is 14.3 Å². The Morgan fingerprint density at radius 3 is 1.02 bits per heavy atom. The van der Waals surface area contributed by atoms with Crippen LogP contribution in [0.25, 0.3) is 0 Å². The number of hydrogen-bond acceptors (Lipinski definition) is 3. The van der Waals surface area contributed by atoms with Gasteiger partial charge in [-0.1, -0.05) is 204 Å². The molecule has 0 aromatic carbocycles. The molecule has 0 aliphatic rings. The van der Waals surface area contributed by atoms with Crippen LogP contribution < -0.4 is 0 Å². The SMILES string of the molecule is CCCCCCCCCCCCCCCC=CC=CC(=O)O.CCCCCCCCCCCCCCCC=CC=CC(=O)OC. The molecule has 0 aromatic rings. The average Bonchev–Trinajstić information content (AvgIpc) is 3.04. The summed E-state index contributed by atoms with van der Waals surface area (Å²) in [5.41, 5.74) is 0. The van der Waals surface area contributed by atoms with Crippen LogP contribution in [0.5, 0.6) is 0 Å². The number of allylic oxidation sites excluding steroid dienone is 6. The van der Waals surface area contributed by atoms with Crippen molar-refractivity contribution in [1.29, 1.82) is 0 Å². The summed E-state index contributed by atoms with van der Waals surface area (Å²) in [5.74, 6) is -1.18. The van der Waals surface area contributed by atoms with E-state index in [-0.39, 0.29) is 5.97 Å². The van der Waals surface area contributed by atoms with E-state index in [4.69, 9.17) is 5.11 Å². The third-order valence-corrected chi connectivity index (χ3v) is 8.12. The first-order chi connectivity index (χ1) is 22.1. The smallest absolute Gasteiger partial charge is 0.330 e. The molecule has 1 N–H and O–H groups in total. The number of unbranched alkanes of at least 4 members (excludes halogenated alkanes) is 26. The summed E-state index contributed by atoms with van der Waals surface area (Å²) in [5, 5.41) is 8.42. The molecular weight excluding hydrogens is 556 g/mol. The number of methoxy groups -OCH3 is 1. The molecule has 0 saturated heterocycles. The van der Waals surface area contributed by atoms with Crippen molar-refractivity contribution in [1.82, 2.24) is 0 Å². The molecule has 0 rings (SSSR count). The zero-order valence-electron chi connectivity index (χ0n) is 30.1. The summed E-state index contributed by atoms with van der Waals surface area (Å²) in [6.07, 6.45) is 52.1. The summed E-state index contributed by atoms with van der Waals surface area (Å²) in [7, 11) is 1.39. The summed E-state index contributed by atoms with van der Waals surface area (Å²) in [6, 6.07) is 0. The van der Waals surface area contributed by atoms with Crippen LogP contribution >= 0.6 is 0 Å². The molecule has 0 bridgehead atoms. The van der Waals surface area contributed by atoms with Gasteiger partial charge in [0.25, 0.3) is 0 Å². The maximum Gasteiger partial charge on any atom is 0.330 e. The van der Waals surface area contributed by atoms with Gasteiger partial charge < -0.3 is 9.84 Å². The summed E-state index contributed by atoms with van der Waals surface area (Å²) in [4.78, 5) is 21.1. The highest BCUT2D eigenvalue weighted by Crippen LogP contribution is 2.14. The van der Waals surface area contributed by atoms with E-state index < -0.39 is 5.97 Å². The van der Waals surface area contributed by atoms with Crippen LogP contribution in [0.15, 0.2) is 48.6 Å². The second-order valence-corrected chi connectivity index (χ2v) is 12.5. The van der Waals surface area contributed by atoms with Crippen LogP contribution in [0.2, 0.25) is 0 Å². The Hall–Kier alpha value is -2.10. The number of carbonyl (C=O) groups excluding carboxylic acids is 1. The van der Waals surface area contributed by atoms with Gasteiger partial charge in [-0.3, -0.25) is 0 Å². The van der Waals surface area contributed by atoms with Gasteiger partial charge in [-0.25, -0.2) is 9.59 Å². The van der Waals surface area contributed by atoms with Gasteiger partial charge in [-0.15, -0.1) is 0 Å². The highest BCUT2D eigenvalue weighted by atomic mass is 16.5. The van der Waals surface area contributed by atoms with Crippen molar-refractivity contribution < 1.29 is 19.4 Å². The number of esters is 1. The lowest BCUT2D eigenvalue weighted by Crippen LogP contribution is -1.92. The van der Waals surface area contributed by atoms with Gasteiger partial charge in [0, 0.05) is 12.2 Å². The molecule has 0 spiro atoms. The molecule has 0 radical (unpaired) electrons. The molecule has 0 unspecified atom stereocenters. The van der Waals surface area contributed by atoms with E-state index in [1.807, 2.05) is 12.2 Å². The Kier molecular flexibility index (Phi) is 41.9. The topological polar surface area (TPSA) is 63.6 Å².